The molecule has 3 aromatic rings. The van der Waals surface area contributed by atoms with Gasteiger partial charge in [-0.15, -0.1) is 0 Å². The standard InChI is InChI=1S/C28H31F3N4O5/c1-14-12-34(13-15(2)40-14)25(36)19-6-8-20(9-7-19)32-16(3)21-10-22-24(11-23(21)28(29,30)31)33-18(5)35(26(22)37)17(4)27(38)39/h6-11,14-17,32H,12-13H2,1-5H3,(H,38,39)/t14-,15+,16-,17+/m0/s1. The van der Waals surface area contributed by atoms with Gasteiger partial charge < -0.3 is 20.1 Å². The van der Waals surface area contributed by atoms with Crippen molar-refractivity contribution in [2.75, 3.05) is 18.4 Å². The Kier molecular flexibility index (Phi) is 7.93. The van der Waals surface area contributed by atoms with Crippen LogP contribution >= 0.6 is 0 Å². The van der Waals surface area contributed by atoms with E-state index in [1.807, 2.05) is 13.8 Å². The Hall–Kier alpha value is -3.93. The van der Waals surface area contributed by atoms with Crippen LogP contribution in [-0.2, 0) is 15.7 Å². The van der Waals surface area contributed by atoms with Crippen molar-refractivity contribution in [3.63, 3.8) is 0 Å². The van der Waals surface area contributed by atoms with Gasteiger partial charge in [0.05, 0.1) is 28.7 Å². The number of aryl methyl sites for hydroxylation is 1. The van der Waals surface area contributed by atoms with Crippen molar-refractivity contribution in [3.05, 3.63) is 69.3 Å². The van der Waals surface area contributed by atoms with Crippen LogP contribution < -0.4 is 10.9 Å². The molecule has 0 aliphatic carbocycles. The monoisotopic (exact) mass is 560 g/mol. The van der Waals surface area contributed by atoms with Crippen LogP contribution in [0.15, 0.2) is 41.2 Å². The number of amides is 1. The van der Waals surface area contributed by atoms with E-state index in [1.165, 1.54) is 20.8 Å². The van der Waals surface area contributed by atoms with E-state index in [9.17, 15) is 32.7 Å². The number of alkyl halides is 3. The second kappa shape index (κ2) is 10.9. The average molecular weight is 561 g/mol. The second-order valence-electron chi connectivity index (χ2n) is 10.2. The predicted molar refractivity (Wildman–Crippen MR) is 142 cm³/mol. The number of carboxylic acids is 1. The molecule has 9 nitrogen and oxygen atoms in total. The van der Waals surface area contributed by atoms with E-state index in [0.29, 0.717) is 24.3 Å². The van der Waals surface area contributed by atoms with E-state index in [1.54, 1.807) is 29.2 Å². The minimum absolute atomic E-state index is 0.00456. The molecule has 0 spiro atoms. The fourth-order valence-corrected chi connectivity index (χ4v) is 5.11. The first-order valence-electron chi connectivity index (χ1n) is 12.9. The van der Waals surface area contributed by atoms with Crippen molar-refractivity contribution in [3.8, 4) is 0 Å². The maximum atomic E-state index is 14.1. The zero-order valence-electron chi connectivity index (χ0n) is 22.7. The Labute approximate surface area is 228 Å². The molecule has 1 fully saturated rings. The fourth-order valence-electron chi connectivity index (χ4n) is 5.11. The minimum atomic E-state index is -4.74. The van der Waals surface area contributed by atoms with Gasteiger partial charge in [0.1, 0.15) is 11.9 Å². The first-order valence-corrected chi connectivity index (χ1v) is 12.9. The van der Waals surface area contributed by atoms with Crippen LogP contribution in [0.5, 0.6) is 0 Å². The molecule has 2 N–H and O–H groups in total. The molecule has 0 radical (unpaired) electrons. The van der Waals surface area contributed by atoms with Crippen molar-refractivity contribution in [1.29, 1.82) is 0 Å². The lowest BCUT2D eigenvalue weighted by atomic mass is 9.98. The van der Waals surface area contributed by atoms with Gasteiger partial charge in [-0.3, -0.25) is 14.2 Å². The van der Waals surface area contributed by atoms with Crippen molar-refractivity contribution in [1.82, 2.24) is 14.5 Å². The van der Waals surface area contributed by atoms with Crippen LogP contribution in [0.2, 0.25) is 0 Å². The lowest BCUT2D eigenvalue weighted by Crippen LogP contribution is -2.48. The van der Waals surface area contributed by atoms with Crippen LogP contribution in [0.1, 0.15) is 67.1 Å². The topological polar surface area (TPSA) is 114 Å². The summed E-state index contributed by atoms with van der Waals surface area (Å²) in [4.78, 5) is 43.5. The summed E-state index contributed by atoms with van der Waals surface area (Å²) in [6.07, 6.45) is -4.91. The number of hydrogen-bond donors (Lipinski definition) is 2. The number of morpholine rings is 1. The highest BCUT2D eigenvalue weighted by molar-refractivity contribution is 5.94. The van der Waals surface area contributed by atoms with Crippen LogP contribution in [0.25, 0.3) is 10.9 Å². The Morgan fingerprint density at radius 2 is 1.70 bits per heavy atom. The smallest absolute Gasteiger partial charge is 0.416 e. The number of ether oxygens (including phenoxy) is 1. The summed E-state index contributed by atoms with van der Waals surface area (Å²) in [7, 11) is 0. The number of fused-ring (bicyclic) bond motifs is 1. The number of carboxylic acid groups (broad SMARTS) is 1. The molecule has 1 aliphatic rings. The Bertz CT molecular complexity index is 1490. The number of nitrogens with one attached hydrogen (secondary N) is 1. The molecule has 2 heterocycles. The summed E-state index contributed by atoms with van der Waals surface area (Å²) in [5.41, 5.74) is -1.16. The lowest BCUT2D eigenvalue weighted by Gasteiger charge is -2.35. The SMILES string of the molecule is Cc1nc2cc(C(F)(F)F)c([C@H](C)Nc3ccc(C(=O)N4C[C@@H](C)O[C@@H](C)C4)cc3)cc2c(=O)n1[C@H](C)C(=O)O. The normalized spacial score (nSPS) is 19.4. The quantitative estimate of drug-likeness (QED) is 0.446. The van der Waals surface area contributed by atoms with E-state index >= 15 is 0 Å². The maximum absolute atomic E-state index is 14.1. The van der Waals surface area contributed by atoms with E-state index in [-0.39, 0.29) is 40.4 Å². The molecule has 0 unspecified atom stereocenters. The molecule has 12 heteroatoms. The zero-order chi connectivity index (χ0) is 29.5. The Morgan fingerprint density at radius 3 is 2.25 bits per heavy atom. The molecule has 4 rings (SSSR count). The number of carbonyl (C=O) groups excluding carboxylic acids is 1. The minimum Gasteiger partial charge on any atom is -0.480 e. The maximum Gasteiger partial charge on any atom is 0.416 e. The van der Waals surface area contributed by atoms with Crippen LogP contribution in [0, 0.1) is 6.92 Å². The summed E-state index contributed by atoms with van der Waals surface area (Å²) < 4.78 is 48.9. The summed E-state index contributed by atoms with van der Waals surface area (Å²) in [6.45, 7) is 8.91. The molecule has 40 heavy (non-hydrogen) atoms. The highest BCUT2D eigenvalue weighted by Crippen LogP contribution is 2.37. The van der Waals surface area contributed by atoms with Crippen molar-refractivity contribution in [2.45, 2.75) is 65.1 Å². The van der Waals surface area contributed by atoms with Crippen LogP contribution in [0.4, 0.5) is 18.9 Å². The van der Waals surface area contributed by atoms with Crippen molar-refractivity contribution < 1.29 is 32.6 Å². The molecule has 1 aliphatic heterocycles. The van der Waals surface area contributed by atoms with Gasteiger partial charge in [-0.05, 0) is 76.6 Å². The number of nitrogens with zero attached hydrogens (tertiary/aromatic N) is 3. The molecule has 1 aromatic heterocycles. The van der Waals surface area contributed by atoms with Gasteiger partial charge in [-0.1, -0.05) is 0 Å². The average Bonchev–Trinajstić information content (AvgIpc) is 2.86. The zero-order valence-corrected chi connectivity index (χ0v) is 22.7. The van der Waals surface area contributed by atoms with Gasteiger partial charge in [0.15, 0.2) is 0 Å². The van der Waals surface area contributed by atoms with Gasteiger partial charge in [0.2, 0.25) is 0 Å². The molecule has 4 atom stereocenters. The van der Waals surface area contributed by atoms with Crippen LogP contribution in [0.3, 0.4) is 0 Å². The third-order valence-electron chi connectivity index (χ3n) is 6.99. The number of anilines is 1. The fraction of sp³-hybridized carbons (Fsp3) is 0.429. The highest BCUT2D eigenvalue weighted by atomic mass is 19.4. The molecular weight excluding hydrogens is 529 g/mol. The summed E-state index contributed by atoms with van der Waals surface area (Å²) in [5, 5.41) is 12.3. The van der Waals surface area contributed by atoms with Crippen molar-refractivity contribution in [2.24, 2.45) is 0 Å². The molecule has 1 saturated heterocycles. The van der Waals surface area contributed by atoms with E-state index < -0.39 is 35.4 Å². The first-order chi connectivity index (χ1) is 18.7. The molecular formula is C28H31F3N4O5. The van der Waals surface area contributed by atoms with Gasteiger partial charge in [0.25, 0.3) is 11.5 Å². The number of benzene rings is 2. The van der Waals surface area contributed by atoms with Gasteiger partial charge >= 0.3 is 12.1 Å². The van der Waals surface area contributed by atoms with Crippen LogP contribution in [-0.4, -0.2) is 56.7 Å². The Balaban J connectivity index is 1.66. The van der Waals surface area contributed by atoms with Gasteiger partial charge in [0, 0.05) is 30.4 Å². The molecule has 1 amide bonds. The molecule has 0 bridgehead atoms. The molecule has 214 valence electrons. The summed E-state index contributed by atoms with van der Waals surface area (Å²) in [6, 6.07) is 6.20. The van der Waals surface area contributed by atoms with E-state index in [0.717, 1.165) is 16.7 Å². The summed E-state index contributed by atoms with van der Waals surface area (Å²) >= 11 is 0. The summed E-state index contributed by atoms with van der Waals surface area (Å²) in [5.74, 6) is -1.44. The number of halogens is 3. The third kappa shape index (κ3) is 5.81. The largest absolute Gasteiger partial charge is 0.480 e. The Morgan fingerprint density at radius 1 is 1.10 bits per heavy atom. The first kappa shape index (κ1) is 29.1. The number of rotatable bonds is 6. The number of aliphatic carboxylic acids is 1. The van der Waals surface area contributed by atoms with E-state index in [2.05, 4.69) is 10.3 Å². The third-order valence-corrected chi connectivity index (χ3v) is 6.99. The second-order valence-corrected chi connectivity index (χ2v) is 10.2. The van der Waals surface area contributed by atoms with E-state index in [4.69, 9.17) is 4.74 Å². The number of hydrogen-bond acceptors (Lipinski definition) is 6. The number of aromatic nitrogens is 2. The molecule has 2 aromatic carbocycles. The highest BCUT2D eigenvalue weighted by Gasteiger charge is 2.36. The predicted octanol–water partition coefficient (Wildman–Crippen LogP) is 4.79. The number of carbonyl (C=O) groups is 2. The van der Waals surface area contributed by atoms with Gasteiger partial charge in [-0.25, -0.2) is 9.78 Å². The van der Waals surface area contributed by atoms with Gasteiger partial charge in [-0.2, -0.15) is 13.2 Å². The van der Waals surface area contributed by atoms with Crippen molar-refractivity contribution >= 4 is 28.5 Å². The lowest BCUT2D eigenvalue weighted by molar-refractivity contribution is -0.140. The molecule has 0 saturated carbocycles.